The highest BCUT2D eigenvalue weighted by Crippen LogP contribution is 2.13. The Morgan fingerprint density at radius 1 is 1.29 bits per heavy atom. The molecular formula is C14H21N3. The van der Waals surface area contributed by atoms with Crippen molar-refractivity contribution >= 4 is 5.69 Å². The first kappa shape index (κ1) is 13.5. The standard InChI is InChI=1S/C14H21N3/c1-11(2)5-4-6-12(3)17-14-8-7-13(9-15)16-10-14/h7-8,10-12,17H,4-6H2,1-3H3. The molecule has 0 spiro atoms. The monoisotopic (exact) mass is 231 g/mol. The lowest BCUT2D eigenvalue weighted by Crippen LogP contribution is -2.15. The quantitative estimate of drug-likeness (QED) is 0.814. The van der Waals surface area contributed by atoms with Crippen molar-refractivity contribution < 1.29 is 0 Å². The molecule has 1 heterocycles. The van der Waals surface area contributed by atoms with E-state index in [1.807, 2.05) is 12.1 Å². The second-order valence-electron chi connectivity index (χ2n) is 4.91. The lowest BCUT2D eigenvalue weighted by Gasteiger charge is -2.15. The first-order chi connectivity index (χ1) is 8.11. The van der Waals surface area contributed by atoms with Crippen molar-refractivity contribution in [2.24, 2.45) is 5.92 Å². The van der Waals surface area contributed by atoms with Gasteiger partial charge in [-0.1, -0.05) is 26.7 Å². The van der Waals surface area contributed by atoms with Gasteiger partial charge in [0.15, 0.2) is 0 Å². The minimum atomic E-state index is 0.448. The molecule has 3 nitrogen and oxygen atoms in total. The minimum absolute atomic E-state index is 0.448. The molecule has 0 saturated carbocycles. The Hall–Kier alpha value is -1.56. The summed E-state index contributed by atoms with van der Waals surface area (Å²) in [5.74, 6) is 0.777. The first-order valence-electron chi connectivity index (χ1n) is 6.24. The normalized spacial score (nSPS) is 12.2. The van der Waals surface area contributed by atoms with Gasteiger partial charge in [-0.15, -0.1) is 0 Å². The van der Waals surface area contributed by atoms with Crippen LogP contribution in [0.25, 0.3) is 0 Å². The summed E-state index contributed by atoms with van der Waals surface area (Å²) in [5.41, 5.74) is 1.45. The minimum Gasteiger partial charge on any atom is -0.381 e. The summed E-state index contributed by atoms with van der Waals surface area (Å²) < 4.78 is 0. The summed E-state index contributed by atoms with van der Waals surface area (Å²) in [7, 11) is 0. The number of anilines is 1. The van der Waals surface area contributed by atoms with E-state index in [4.69, 9.17) is 5.26 Å². The molecule has 1 aromatic heterocycles. The van der Waals surface area contributed by atoms with Crippen molar-refractivity contribution in [1.29, 1.82) is 5.26 Å². The Morgan fingerprint density at radius 2 is 2.06 bits per heavy atom. The van der Waals surface area contributed by atoms with Gasteiger partial charge in [-0.25, -0.2) is 4.98 Å². The molecule has 0 aliphatic heterocycles. The molecule has 0 radical (unpaired) electrons. The van der Waals surface area contributed by atoms with Crippen molar-refractivity contribution in [3.05, 3.63) is 24.0 Å². The Bertz CT molecular complexity index is 362. The zero-order valence-corrected chi connectivity index (χ0v) is 10.9. The Kier molecular flexibility index (Phi) is 5.48. The molecule has 0 aromatic carbocycles. The van der Waals surface area contributed by atoms with E-state index in [1.165, 1.54) is 12.8 Å². The summed E-state index contributed by atoms with van der Waals surface area (Å²) in [6.07, 6.45) is 5.41. The maximum atomic E-state index is 8.65. The number of pyridine rings is 1. The Balaban J connectivity index is 2.34. The van der Waals surface area contributed by atoms with E-state index in [0.29, 0.717) is 11.7 Å². The number of nitrogens with one attached hydrogen (secondary N) is 1. The van der Waals surface area contributed by atoms with Crippen LogP contribution in [0.1, 0.15) is 45.7 Å². The fourth-order valence-electron chi connectivity index (χ4n) is 1.73. The predicted octanol–water partition coefficient (Wildman–Crippen LogP) is 3.58. The van der Waals surface area contributed by atoms with E-state index in [9.17, 15) is 0 Å². The number of nitriles is 1. The lowest BCUT2D eigenvalue weighted by atomic mass is 10.0. The SMILES string of the molecule is CC(C)CCCC(C)Nc1ccc(C#N)nc1. The van der Waals surface area contributed by atoms with E-state index >= 15 is 0 Å². The molecule has 1 unspecified atom stereocenters. The number of hydrogen-bond acceptors (Lipinski definition) is 3. The number of nitrogens with zero attached hydrogens (tertiary/aromatic N) is 2. The summed E-state index contributed by atoms with van der Waals surface area (Å²) in [5, 5.41) is 12.0. The van der Waals surface area contributed by atoms with Crippen LogP contribution < -0.4 is 5.32 Å². The van der Waals surface area contributed by atoms with Crippen molar-refractivity contribution in [1.82, 2.24) is 4.98 Å². The fraction of sp³-hybridized carbons (Fsp3) is 0.571. The summed E-state index contributed by atoms with van der Waals surface area (Å²) in [6.45, 7) is 6.68. The highest BCUT2D eigenvalue weighted by atomic mass is 14.9. The highest BCUT2D eigenvalue weighted by molar-refractivity contribution is 5.43. The van der Waals surface area contributed by atoms with Crippen LogP contribution in [0.4, 0.5) is 5.69 Å². The predicted molar refractivity (Wildman–Crippen MR) is 70.7 cm³/mol. The van der Waals surface area contributed by atoms with E-state index < -0.39 is 0 Å². The van der Waals surface area contributed by atoms with Gasteiger partial charge in [-0.05, 0) is 31.4 Å². The van der Waals surface area contributed by atoms with Gasteiger partial charge in [0.2, 0.25) is 0 Å². The van der Waals surface area contributed by atoms with Crippen LogP contribution in [0.3, 0.4) is 0 Å². The topological polar surface area (TPSA) is 48.7 Å². The summed E-state index contributed by atoms with van der Waals surface area (Å²) in [6, 6.07) is 6.11. The highest BCUT2D eigenvalue weighted by Gasteiger charge is 2.03. The molecule has 0 aliphatic rings. The van der Waals surface area contributed by atoms with Crippen LogP contribution in [0.15, 0.2) is 18.3 Å². The summed E-state index contributed by atoms with van der Waals surface area (Å²) in [4.78, 5) is 4.04. The maximum Gasteiger partial charge on any atom is 0.140 e. The molecule has 0 bridgehead atoms. The van der Waals surface area contributed by atoms with Crippen LogP contribution >= 0.6 is 0 Å². The summed E-state index contributed by atoms with van der Waals surface area (Å²) >= 11 is 0. The number of aromatic nitrogens is 1. The molecule has 92 valence electrons. The smallest absolute Gasteiger partial charge is 0.140 e. The van der Waals surface area contributed by atoms with E-state index in [2.05, 4.69) is 31.1 Å². The molecule has 0 amide bonds. The lowest BCUT2D eigenvalue weighted by molar-refractivity contribution is 0.520. The van der Waals surface area contributed by atoms with E-state index in [0.717, 1.165) is 18.0 Å². The van der Waals surface area contributed by atoms with Gasteiger partial charge in [0.25, 0.3) is 0 Å². The van der Waals surface area contributed by atoms with Crippen LogP contribution in [-0.2, 0) is 0 Å². The molecular weight excluding hydrogens is 210 g/mol. The van der Waals surface area contributed by atoms with Crippen LogP contribution in [-0.4, -0.2) is 11.0 Å². The van der Waals surface area contributed by atoms with Gasteiger partial charge in [0, 0.05) is 6.04 Å². The van der Waals surface area contributed by atoms with Crippen LogP contribution in [0.5, 0.6) is 0 Å². The van der Waals surface area contributed by atoms with Crippen molar-refractivity contribution in [2.45, 2.75) is 46.1 Å². The third-order valence-corrected chi connectivity index (χ3v) is 2.71. The second kappa shape index (κ2) is 6.90. The third kappa shape index (κ3) is 5.35. The molecule has 0 aliphatic carbocycles. The molecule has 0 fully saturated rings. The molecule has 3 heteroatoms. The van der Waals surface area contributed by atoms with Crippen LogP contribution in [0.2, 0.25) is 0 Å². The first-order valence-corrected chi connectivity index (χ1v) is 6.24. The molecule has 1 rings (SSSR count). The van der Waals surface area contributed by atoms with E-state index in [1.54, 1.807) is 12.3 Å². The fourth-order valence-corrected chi connectivity index (χ4v) is 1.73. The van der Waals surface area contributed by atoms with Crippen molar-refractivity contribution in [3.63, 3.8) is 0 Å². The average Bonchev–Trinajstić information content (AvgIpc) is 2.29. The van der Waals surface area contributed by atoms with Gasteiger partial charge in [0.05, 0.1) is 11.9 Å². The zero-order chi connectivity index (χ0) is 12.7. The number of rotatable bonds is 6. The largest absolute Gasteiger partial charge is 0.381 e. The maximum absolute atomic E-state index is 8.65. The Labute approximate surface area is 104 Å². The zero-order valence-electron chi connectivity index (χ0n) is 10.9. The molecule has 1 N–H and O–H groups in total. The van der Waals surface area contributed by atoms with Gasteiger partial charge in [0.1, 0.15) is 11.8 Å². The molecule has 0 saturated heterocycles. The average molecular weight is 231 g/mol. The van der Waals surface area contributed by atoms with Gasteiger partial charge in [-0.2, -0.15) is 5.26 Å². The van der Waals surface area contributed by atoms with Crippen molar-refractivity contribution in [2.75, 3.05) is 5.32 Å². The molecule has 1 atom stereocenters. The molecule has 1 aromatic rings. The van der Waals surface area contributed by atoms with Gasteiger partial charge >= 0.3 is 0 Å². The third-order valence-electron chi connectivity index (χ3n) is 2.71. The van der Waals surface area contributed by atoms with Crippen LogP contribution in [0, 0.1) is 17.2 Å². The molecule has 17 heavy (non-hydrogen) atoms. The number of hydrogen-bond donors (Lipinski definition) is 1. The second-order valence-corrected chi connectivity index (χ2v) is 4.91. The van der Waals surface area contributed by atoms with Gasteiger partial charge in [-0.3, -0.25) is 0 Å². The van der Waals surface area contributed by atoms with Gasteiger partial charge < -0.3 is 5.32 Å². The Morgan fingerprint density at radius 3 is 2.59 bits per heavy atom. The van der Waals surface area contributed by atoms with Crippen molar-refractivity contribution in [3.8, 4) is 6.07 Å². The van der Waals surface area contributed by atoms with E-state index in [-0.39, 0.29) is 0 Å².